The van der Waals surface area contributed by atoms with E-state index < -0.39 is 0 Å². The lowest BCUT2D eigenvalue weighted by molar-refractivity contribution is 0.414. The second-order valence-electron chi connectivity index (χ2n) is 7.24. The van der Waals surface area contributed by atoms with E-state index in [1.165, 1.54) is 0 Å². The standard InChI is InChI=1S/C24H25N3O3/c1-26-16-25-24-22(26)12-19(28)13-23(24)27(14-17-4-8-20(29-2)9-5-17)15-18-6-10-21(30-3)11-7-18/h4-13,16,28H,14-15H2,1-3H3. The number of ether oxygens (including phenoxy) is 2. The highest BCUT2D eigenvalue weighted by atomic mass is 16.5. The number of aryl methyl sites for hydroxylation is 1. The molecule has 0 unspecified atom stereocenters. The Morgan fingerprint density at radius 3 is 1.90 bits per heavy atom. The average molecular weight is 403 g/mol. The Hall–Kier alpha value is -3.67. The molecule has 0 aliphatic heterocycles. The highest BCUT2D eigenvalue weighted by Crippen LogP contribution is 2.33. The minimum Gasteiger partial charge on any atom is -0.508 e. The molecule has 4 aromatic rings. The lowest BCUT2D eigenvalue weighted by atomic mass is 10.1. The highest BCUT2D eigenvalue weighted by Gasteiger charge is 2.16. The zero-order chi connectivity index (χ0) is 21.1. The van der Waals surface area contributed by atoms with Gasteiger partial charge >= 0.3 is 0 Å². The summed E-state index contributed by atoms with van der Waals surface area (Å²) in [6.45, 7) is 1.32. The first kappa shape index (κ1) is 19.6. The first-order valence-corrected chi connectivity index (χ1v) is 9.72. The Labute approximate surface area is 175 Å². The number of nitrogens with zero attached hydrogens (tertiary/aromatic N) is 3. The zero-order valence-corrected chi connectivity index (χ0v) is 17.4. The summed E-state index contributed by atoms with van der Waals surface area (Å²) in [6, 6.07) is 19.6. The maximum atomic E-state index is 10.4. The van der Waals surface area contributed by atoms with Crippen molar-refractivity contribution in [1.29, 1.82) is 0 Å². The molecule has 0 spiro atoms. The van der Waals surface area contributed by atoms with Crippen molar-refractivity contribution in [2.24, 2.45) is 7.05 Å². The van der Waals surface area contributed by atoms with Crippen LogP contribution in [0.15, 0.2) is 67.0 Å². The largest absolute Gasteiger partial charge is 0.508 e. The van der Waals surface area contributed by atoms with Crippen molar-refractivity contribution in [2.45, 2.75) is 13.1 Å². The Bertz CT molecular complexity index is 1090. The number of anilines is 1. The fraction of sp³-hybridized carbons (Fsp3) is 0.208. The summed E-state index contributed by atoms with van der Waals surface area (Å²) in [4.78, 5) is 6.81. The number of rotatable bonds is 7. The molecular weight excluding hydrogens is 378 g/mol. The second-order valence-corrected chi connectivity index (χ2v) is 7.24. The maximum Gasteiger partial charge on any atom is 0.119 e. The van der Waals surface area contributed by atoms with E-state index in [-0.39, 0.29) is 5.75 Å². The van der Waals surface area contributed by atoms with Gasteiger partial charge in [-0.15, -0.1) is 0 Å². The van der Waals surface area contributed by atoms with Gasteiger partial charge in [0.15, 0.2) is 0 Å². The molecule has 0 aliphatic rings. The van der Waals surface area contributed by atoms with Gasteiger partial charge < -0.3 is 24.0 Å². The van der Waals surface area contributed by atoms with E-state index in [2.05, 4.69) is 34.1 Å². The van der Waals surface area contributed by atoms with Crippen molar-refractivity contribution in [1.82, 2.24) is 9.55 Å². The van der Waals surface area contributed by atoms with Crippen LogP contribution >= 0.6 is 0 Å². The molecule has 1 N–H and O–H groups in total. The van der Waals surface area contributed by atoms with Crippen LogP contribution in [0, 0.1) is 0 Å². The normalized spacial score (nSPS) is 10.9. The number of aromatic hydroxyl groups is 1. The molecule has 0 aliphatic carbocycles. The van der Waals surface area contributed by atoms with Crippen LogP contribution in [0.5, 0.6) is 17.2 Å². The third-order valence-electron chi connectivity index (χ3n) is 5.20. The molecule has 154 valence electrons. The minimum atomic E-state index is 0.218. The molecule has 0 saturated heterocycles. The third kappa shape index (κ3) is 4.03. The molecule has 6 nitrogen and oxygen atoms in total. The molecule has 30 heavy (non-hydrogen) atoms. The molecule has 3 aromatic carbocycles. The van der Waals surface area contributed by atoms with E-state index >= 15 is 0 Å². The molecule has 0 fully saturated rings. The van der Waals surface area contributed by atoms with E-state index in [9.17, 15) is 5.11 Å². The van der Waals surface area contributed by atoms with Gasteiger partial charge in [0.25, 0.3) is 0 Å². The fourth-order valence-corrected chi connectivity index (χ4v) is 3.57. The fourth-order valence-electron chi connectivity index (χ4n) is 3.57. The Morgan fingerprint density at radius 2 is 1.40 bits per heavy atom. The lowest BCUT2D eigenvalue weighted by Gasteiger charge is -2.26. The topological polar surface area (TPSA) is 59.8 Å². The number of hydrogen-bond acceptors (Lipinski definition) is 5. The Morgan fingerprint density at radius 1 is 0.867 bits per heavy atom. The summed E-state index contributed by atoms with van der Waals surface area (Å²) in [6.07, 6.45) is 1.77. The Balaban J connectivity index is 1.74. The molecular formula is C24H25N3O3. The lowest BCUT2D eigenvalue weighted by Crippen LogP contribution is -2.22. The van der Waals surface area contributed by atoms with Crippen LogP contribution < -0.4 is 14.4 Å². The number of phenolic OH excluding ortho intramolecular Hbond substituents is 1. The summed E-state index contributed by atoms with van der Waals surface area (Å²) in [5.74, 6) is 1.87. The summed E-state index contributed by atoms with van der Waals surface area (Å²) in [5.41, 5.74) is 4.91. The van der Waals surface area contributed by atoms with Gasteiger partial charge in [0, 0.05) is 32.3 Å². The number of aromatic nitrogens is 2. The minimum absolute atomic E-state index is 0.218. The Kier molecular flexibility index (Phi) is 5.48. The van der Waals surface area contributed by atoms with Crippen LogP contribution in [0.25, 0.3) is 11.0 Å². The van der Waals surface area contributed by atoms with Gasteiger partial charge in [-0.1, -0.05) is 24.3 Å². The summed E-state index contributed by atoms with van der Waals surface area (Å²) in [5, 5.41) is 10.4. The number of methoxy groups -OCH3 is 2. The first-order valence-electron chi connectivity index (χ1n) is 9.72. The zero-order valence-electron chi connectivity index (χ0n) is 17.4. The van der Waals surface area contributed by atoms with Crippen LogP contribution in [0.1, 0.15) is 11.1 Å². The van der Waals surface area contributed by atoms with Crippen LogP contribution in [0.2, 0.25) is 0 Å². The van der Waals surface area contributed by atoms with Crippen molar-refractivity contribution in [2.75, 3.05) is 19.1 Å². The molecule has 1 aromatic heterocycles. The summed E-state index contributed by atoms with van der Waals surface area (Å²) >= 11 is 0. The van der Waals surface area contributed by atoms with Gasteiger partial charge in [-0.3, -0.25) is 0 Å². The molecule has 4 rings (SSSR count). The van der Waals surface area contributed by atoms with Gasteiger partial charge in [-0.2, -0.15) is 0 Å². The number of fused-ring (bicyclic) bond motifs is 1. The van der Waals surface area contributed by atoms with Crippen LogP contribution in [0.3, 0.4) is 0 Å². The molecule has 0 atom stereocenters. The molecule has 0 saturated carbocycles. The monoisotopic (exact) mass is 403 g/mol. The van der Waals surface area contributed by atoms with Gasteiger partial charge in [-0.25, -0.2) is 4.98 Å². The number of imidazole rings is 1. The van der Waals surface area contributed by atoms with Crippen molar-refractivity contribution in [3.05, 3.63) is 78.1 Å². The number of phenols is 1. The number of benzene rings is 3. The maximum absolute atomic E-state index is 10.4. The van der Waals surface area contributed by atoms with E-state index in [0.717, 1.165) is 39.3 Å². The summed E-state index contributed by atoms with van der Waals surface area (Å²) < 4.78 is 12.5. The van der Waals surface area contributed by atoms with E-state index in [4.69, 9.17) is 9.47 Å². The van der Waals surface area contributed by atoms with Crippen molar-refractivity contribution >= 4 is 16.7 Å². The quantitative estimate of drug-likeness (QED) is 0.492. The van der Waals surface area contributed by atoms with Gasteiger partial charge in [0.1, 0.15) is 22.8 Å². The van der Waals surface area contributed by atoms with Gasteiger partial charge in [0.2, 0.25) is 0 Å². The number of hydrogen-bond donors (Lipinski definition) is 1. The van der Waals surface area contributed by atoms with Gasteiger partial charge in [-0.05, 0) is 35.4 Å². The second kappa shape index (κ2) is 8.37. The molecule has 6 heteroatoms. The van der Waals surface area contributed by atoms with Crippen molar-refractivity contribution < 1.29 is 14.6 Å². The predicted octanol–water partition coefficient (Wildman–Crippen LogP) is 4.50. The SMILES string of the molecule is COc1ccc(CN(Cc2ccc(OC)cc2)c2cc(O)cc3c2ncn3C)cc1. The molecule has 0 radical (unpaired) electrons. The first-order chi connectivity index (χ1) is 14.6. The van der Waals surface area contributed by atoms with Crippen LogP contribution in [-0.2, 0) is 20.1 Å². The van der Waals surface area contributed by atoms with E-state index in [1.807, 2.05) is 35.9 Å². The van der Waals surface area contributed by atoms with Crippen LogP contribution in [0.4, 0.5) is 5.69 Å². The smallest absolute Gasteiger partial charge is 0.119 e. The van der Waals surface area contributed by atoms with Crippen LogP contribution in [-0.4, -0.2) is 28.9 Å². The predicted molar refractivity (Wildman–Crippen MR) is 118 cm³/mol. The molecule has 1 heterocycles. The van der Waals surface area contributed by atoms with Crippen molar-refractivity contribution in [3.8, 4) is 17.2 Å². The third-order valence-corrected chi connectivity index (χ3v) is 5.20. The molecule has 0 bridgehead atoms. The summed E-state index contributed by atoms with van der Waals surface area (Å²) in [7, 11) is 5.25. The highest BCUT2D eigenvalue weighted by molar-refractivity contribution is 5.90. The van der Waals surface area contributed by atoms with E-state index in [1.54, 1.807) is 32.7 Å². The van der Waals surface area contributed by atoms with Gasteiger partial charge in [0.05, 0.1) is 31.8 Å². The van der Waals surface area contributed by atoms with E-state index in [0.29, 0.717) is 13.1 Å². The van der Waals surface area contributed by atoms with Crippen molar-refractivity contribution in [3.63, 3.8) is 0 Å². The average Bonchev–Trinajstić information content (AvgIpc) is 3.14. The molecule has 0 amide bonds.